The fourth-order valence-electron chi connectivity index (χ4n) is 3.01. The van der Waals surface area contributed by atoms with Crippen molar-refractivity contribution in [2.24, 2.45) is 0 Å². The Hall–Kier alpha value is -1.88. The first-order chi connectivity index (χ1) is 11.0. The molecule has 1 atom stereocenters. The number of carbonyl (C=O) groups excluding carboxylic acids is 3. The number of Topliss-reactive ketones (excluding diaryl/α,β-unsaturated/α-hetero) is 1. The number of benzene rings is 1. The summed E-state index contributed by atoms with van der Waals surface area (Å²) < 4.78 is 0. The average molecular weight is 351 g/mol. The number of likely N-dealkylation sites (tertiary alicyclic amines) is 1. The predicted octanol–water partition coefficient (Wildman–Crippen LogP) is 2.82. The normalized spacial score (nSPS) is 20.8. The molecule has 1 aliphatic rings. The van der Waals surface area contributed by atoms with Crippen molar-refractivity contribution in [3.8, 4) is 0 Å². The molecule has 0 radical (unpaired) electrons. The summed E-state index contributed by atoms with van der Waals surface area (Å²) >= 11 is 5.88. The molecule has 1 aromatic carbocycles. The van der Waals surface area contributed by atoms with Crippen LogP contribution in [0.5, 0.6) is 0 Å². The van der Waals surface area contributed by atoms with E-state index in [1.54, 1.807) is 38.1 Å². The van der Waals surface area contributed by atoms with Crippen LogP contribution in [-0.4, -0.2) is 39.6 Å². The smallest absolute Gasteiger partial charge is 0.255 e. The molecule has 2 rings (SSSR count). The first kappa shape index (κ1) is 18.5. The summed E-state index contributed by atoms with van der Waals surface area (Å²) in [7, 11) is 0. The molecule has 1 heterocycles. The standard InChI is InChI=1S/C18H23ClN2O3/c1-11(2)21-14(22)10-18(21,16(24)20-17(3,4)5)15(23)12-6-8-13(19)9-7-12/h6-9,11H,10H2,1-5H3,(H,20,24). The van der Waals surface area contributed by atoms with E-state index >= 15 is 0 Å². The van der Waals surface area contributed by atoms with Crippen LogP contribution in [0.2, 0.25) is 5.02 Å². The van der Waals surface area contributed by atoms with Crippen LogP contribution in [0.25, 0.3) is 0 Å². The maximum atomic E-state index is 13.2. The third kappa shape index (κ3) is 3.18. The fraction of sp³-hybridized carbons (Fsp3) is 0.500. The summed E-state index contributed by atoms with van der Waals surface area (Å²) in [5.74, 6) is -1.02. The molecule has 1 fully saturated rings. The minimum Gasteiger partial charge on any atom is -0.349 e. The second-order valence-corrected chi connectivity index (χ2v) is 7.87. The molecule has 0 spiro atoms. The Balaban J connectivity index is 2.48. The molecular formula is C18H23ClN2O3. The Kier molecular flexibility index (Phi) is 4.77. The zero-order valence-electron chi connectivity index (χ0n) is 14.6. The molecule has 0 aromatic heterocycles. The maximum Gasteiger partial charge on any atom is 0.255 e. The monoisotopic (exact) mass is 350 g/mol. The Bertz CT molecular complexity index is 676. The molecule has 1 aromatic rings. The molecule has 24 heavy (non-hydrogen) atoms. The summed E-state index contributed by atoms with van der Waals surface area (Å²) in [6, 6.07) is 6.11. The van der Waals surface area contributed by atoms with Gasteiger partial charge in [-0.1, -0.05) is 11.6 Å². The first-order valence-corrected chi connectivity index (χ1v) is 8.32. The lowest BCUT2D eigenvalue weighted by Crippen LogP contribution is -2.76. The highest BCUT2D eigenvalue weighted by atomic mass is 35.5. The minimum absolute atomic E-state index is 0.117. The van der Waals surface area contributed by atoms with E-state index in [0.717, 1.165) is 0 Å². The van der Waals surface area contributed by atoms with E-state index in [1.165, 1.54) is 4.90 Å². The van der Waals surface area contributed by atoms with Crippen molar-refractivity contribution >= 4 is 29.2 Å². The van der Waals surface area contributed by atoms with Gasteiger partial charge >= 0.3 is 0 Å². The third-order valence-electron chi connectivity index (χ3n) is 3.95. The summed E-state index contributed by atoms with van der Waals surface area (Å²) in [5, 5.41) is 3.35. The lowest BCUT2D eigenvalue weighted by atomic mass is 9.75. The Labute approximate surface area is 147 Å². The van der Waals surface area contributed by atoms with Crippen molar-refractivity contribution in [1.29, 1.82) is 0 Å². The van der Waals surface area contributed by atoms with E-state index < -0.39 is 17.0 Å². The molecule has 6 heteroatoms. The number of halogens is 1. The lowest BCUT2D eigenvalue weighted by Gasteiger charge is -2.52. The van der Waals surface area contributed by atoms with Gasteiger partial charge in [0.25, 0.3) is 5.91 Å². The van der Waals surface area contributed by atoms with E-state index in [4.69, 9.17) is 11.6 Å². The molecule has 1 aliphatic heterocycles. The van der Waals surface area contributed by atoms with Gasteiger partial charge in [-0.25, -0.2) is 0 Å². The van der Waals surface area contributed by atoms with Gasteiger partial charge in [0.2, 0.25) is 5.91 Å². The summed E-state index contributed by atoms with van der Waals surface area (Å²) in [6.45, 7) is 9.11. The molecule has 0 saturated carbocycles. The Morgan fingerprint density at radius 1 is 1.21 bits per heavy atom. The predicted molar refractivity (Wildman–Crippen MR) is 93.0 cm³/mol. The number of hydrogen-bond donors (Lipinski definition) is 1. The number of nitrogens with zero attached hydrogens (tertiary/aromatic N) is 1. The van der Waals surface area contributed by atoms with E-state index in [-0.39, 0.29) is 24.2 Å². The van der Waals surface area contributed by atoms with Crippen LogP contribution in [0, 0.1) is 0 Å². The van der Waals surface area contributed by atoms with Gasteiger partial charge in [-0.3, -0.25) is 14.4 Å². The van der Waals surface area contributed by atoms with Gasteiger partial charge in [-0.05, 0) is 58.9 Å². The highest BCUT2D eigenvalue weighted by Gasteiger charge is 2.62. The summed E-state index contributed by atoms with van der Waals surface area (Å²) in [4.78, 5) is 39.6. The first-order valence-electron chi connectivity index (χ1n) is 7.94. The molecule has 1 saturated heterocycles. The number of amides is 2. The van der Waals surface area contributed by atoms with Gasteiger partial charge in [0.05, 0.1) is 6.42 Å². The fourth-order valence-corrected chi connectivity index (χ4v) is 3.13. The number of nitrogens with one attached hydrogen (secondary N) is 1. The van der Waals surface area contributed by atoms with Crippen LogP contribution in [0.4, 0.5) is 0 Å². The van der Waals surface area contributed by atoms with Crippen LogP contribution < -0.4 is 5.32 Å². The van der Waals surface area contributed by atoms with Crippen molar-refractivity contribution in [3.05, 3.63) is 34.9 Å². The second-order valence-electron chi connectivity index (χ2n) is 7.43. The largest absolute Gasteiger partial charge is 0.349 e. The number of hydrogen-bond acceptors (Lipinski definition) is 3. The quantitative estimate of drug-likeness (QED) is 0.516. The van der Waals surface area contributed by atoms with Crippen LogP contribution in [0.3, 0.4) is 0 Å². The SMILES string of the molecule is CC(C)N1C(=O)CC1(C(=O)NC(C)(C)C)C(=O)c1ccc(Cl)cc1. The van der Waals surface area contributed by atoms with E-state index in [2.05, 4.69) is 5.32 Å². The molecule has 0 bridgehead atoms. The minimum atomic E-state index is -1.49. The zero-order chi connectivity index (χ0) is 18.3. The van der Waals surface area contributed by atoms with Crippen molar-refractivity contribution in [1.82, 2.24) is 10.2 Å². The van der Waals surface area contributed by atoms with Crippen molar-refractivity contribution in [3.63, 3.8) is 0 Å². The number of carbonyl (C=O) groups is 3. The van der Waals surface area contributed by atoms with Gasteiger partial charge in [0.1, 0.15) is 0 Å². The molecule has 2 amide bonds. The van der Waals surface area contributed by atoms with E-state index in [9.17, 15) is 14.4 Å². The number of ketones is 1. The summed E-state index contributed by atoms with van der Waals surface area (Å²) in [6.07, 6.45) is -0.117. The highest BCUT2D eigenvalue weighted by Crippen LogP contribution is 2.38. The topological polar surface area (TPSA) is 66.5 Å². The van der Waals surface area contributed by atoms with Crippen molar-refractivity contribution in [2.75, 3.05) is 0 Å². The Morgan fingerprint density at radius 2 is 1.75 bits per heavy atom. The number of rotatable bonds is 4. The molecule has 130 valence electrons. The second kappa shape index (κ2) is 6.20. The van der Waals surface area contributed by atoms with Crippen LogP contribution >= 0.6 is 11.6 Å². The van der Waals surface area contributed by atoms with Crippen molar-refractivity contribution in [2.45, 2.75) is 58.2 Å². The maximum absolute atomic E-state index is 13.2. The van der Waals surface area contributed by atoms with Gasteiger partial charge in [-0.2, -0.15) is 0 Å². The molecule has 5 nitrogen and oxygen atoms in total. The van der Waals surface area contributed by atoms with Crippen LogP contribution in [0.1, 0.15) is 51.4 Å². The average Bonchev–Trinajstić information content (AvgIpc) is 2.41. The number of β-lactam (4-membered cyclic amide) rings is 1. The van der Waals surface area contributed by atoms with E-state index in [1.807, 2.05) is 20.8 Å². The van der Waals surface area contributed by atoms with Gasteiger partial charge in [-0.15, -0.1) is 0 Å². The van der Waals surface area contributed by atoms with Crippen LogP contribution in [0.15, 0.2) is 24.3 Å². The molecular weight excluding hydrogens is 328 g/mol. The lowest BCUT2D eigenvalue weighted by molar-refractivity contribution is -0.165. The van der Waals surface area contributed by atoms with Gasteiger partial charge in [0.15, 0.2) is 11.3 Å². The summed E-state index contributed by atoms with van der Waals surface area (Å²) in [5.41, 5.74) is -1.64. The molecule has 1 unspecified atom stereocenters. The van der Waals surface area contributed by atoms with Crippen molar-refractivity contribution < 1.29 is 14.4 Å². The molecule has 0 aliphatic carbocycles. The third-order valence-corrected chi connectivity index (χ3v) is 4.20. The van der Waals surface area contributed by atoms with Gasteiger partial charge < -0.3 is 10.2 Å². The van der Waals surface area contributed by atoms with Gasteiger partial charge in [0, 0.05) is 22.2 Å². The molecule has 1 N–H and O–H groups in total. The highest BCUT2D eigenvalue weighted by molar-refractivity contribution is 6.31. The Morgan fingerprint density at radius 3 is 2.17 bits per heavy atom. The zero-order valence-corrected chi connectivity index (χ0v) is 15.4. The van der Waals surface area contributed by atoms with Crippen LogP contribution in [-0.2, 0) is 9.59 Å². The van der Waals surface area contributed by atoms with E-state index in [0.29, 0.717) is 10.6 Å².